The quantitative estimate of drug-likeness (QED) is 0.860. The molecule has 0 saturated heterocycles. The smallest absolute Gasteiger partial charge is 0.331 e. The Balaban J connectivity index is 2.52. The zero-order chi connectivity index (χ0) is 12.3. The summed E-state index contributed by atoms with van der Waals surface area (Å²) >= 11 is 0. The largest absolute Gasteiger partial charge is 0.479 e. The summed E-state index contributed by atoms with van der Waals surface area (Å²) in [5.74, 6) is -0.938. The molecule has 2 aromatic rings. The standard InChI is InChI=1S/C12H9N3O2/c13-8-10-14-6-7-15(10)11(12(16)17)9-4-2-1-3-5-9/h1-7,11H,(H,16,17). The van der Waals surface area contributed by atoms with Gasteiger partial charge in [0, 0.05) is 12.4 Å². The molecule has 5 nitrogen and oxygen atoms in total. The van der Waals surface area contributed by atoms with Gasteiger partial charge < -0.3 is 9.67 Å². The molecule has 84 valence electrons. The Hall–Kier alpha value is -2.61. The minimum absolute atomic E-state index is 0.0845. The molecule has 0 aliphatic rings. The van der Waals surface area contributed by atoms with E-state index in [-0.39, 0.29) is 5.82 Å². The first-order chi connectivity index (χ1) is 8.24. The van der Waals surface area contributed by atoms with Crippen molar-refractivity contribution >= 4 is 5.97 Å². The number of imidazole rings is 1. The van der Waals surface area contributed by atoms with E-state index in [2.05, 4.69) is 4.98 Å². The van der Waals surface area contributed by atoms with E-state index in [1.54, 1.807) is 24.3 Å². The number of nitrogens with zero attached hydrogens (tertiary/aromatic N) is 3. The molecule has 0 saturated carbocycles. The molecule has 0 aliphatic carbocycles. The highest BCUT2D eigenvalue weighted by Crippen LogP contribution is 2.19. The average molecular weight is 227 g/mol. The summed E-state index contributed by atoms with van der Waals surface area (Å²) in [4.78, 5) is 15.1. The molecule has 1 aromatic heterocycles. The molecule has 17 heavy (non-hydrogen) atoms. The predicted octanol–water partition coefficient (Wildman–Crippen LogP) is 1.43. The third-order valence-electron chi connectivity index (χ3n) is 2.40. The highest BCUT2D eigenvalue weighted by molar-refractivity contribution is 5.76. The van der Waals surface area contributed by atoms with Gasteiger partial charge in [-0.2, -0.15) is 5.26 Å². The van der Waals surface area contributed by atoms with Crippen LogP contribution in [0.5, 0.6) is 0 Å². The number of carboxylic acids is 1. The van der Waals surface area contributed by atoms with Gasteiger partial charge in [0.2, 0.25) is 5.82 Å². The third-order valence-corrected chi connectivity index (χ3v) is 2.40. The van der Waals surface area contributed by atoms with Gasteiger partial charge in [0.1, 0.15) is 6.07 Å². The monoisotopic (exact) mass is 227 g/mol. The van der Waals surface area contributed by atoms with Crippen LogP contribution in [0.3, 0.4) is 0 Å². The fourth-order valence-corrected chi connectivity index (χ4v) is 1.67. The summed E-state index contributed by atoms with van der Waals surface area (Å²) in [6, 6.07) is 9.69. The Morgan fingerprint density at radius 1 is 1.41 bits per heavy atom. The van der Waals surface area contributed by atoms with Crippen molar-refractivity contribution in [2.24, 2.45) is 0 Å². The molecule has 1 unspecified atom stereocenters. The summed E-state index contributed by atoms with van der Waals surface area (Å²) in [6.45, 7) is 0. The molecule has 0 fully saturated rings. The van der Waals surface area contributed by atoms with Gasteiger partial charge in [-0.3, -0.25) is 0 Å². The molecule has 0 amide bonds. The van der Waals surface area contributed by atoms with E-state index in [9.17, 15) is 9.90 Å². The first-order valence-corrected chi connectivity index (χ1v) is 4.94. The number of rotatable bonds is 3. The minimum atomic E-state index is -1.02. The van der Waals surface area contributed by atoms with Crippen molar-refractivity contribution in [3.63, 3.8) is 0 Å². The lowest BCUT2D eigenvalue weighted by Gasteiger charge is -2.14. The number of aromatic nitrogens is 2. The van der Waals surface area contributed by atoms with Crippen molar-refractivity contribution in [3.05, 3.63) is 54.1 Å². The fourth-order valence-electron chi connectivity index (χ4n) is 1.67. The van der Waals surface area contributed by atoms with Gasteiger partial charge >= 0.3 is 5.97 Å². The van der Waals surface area contributed by atoms with Crippen LogP contribution in [0.25, 0.3) is 0 Å². The summed E-state index contributed by atoms with van der Waals surface area (Å²) < 4.78 is 1.34. The zero-order valence-electron chi connectivity index (χ0n) is 8.82. The van der Waals surface area contributed by atoms with Gasteiger partial charge in [-0.1, -0.05) is 30.3 Å². The number of carboxylic acid groups (broad SMARTS) is 1. The number of hydrogen-bond acceptors (Lipinski definition) is 3. The second kappa shape index (κ2) is 4.49. The lowest BCUT2D eigenvalue weighted by Crippen LogP contribution is -2.21. The summed E-state index contributed by atoms with van der Waals surface area (Å²) in [7, 11) is 0. The van der Waals surface area contributed by atoms with E-state index >= 15 is 0 Å². The van der Waals surface area contributed by atoms with E-state index in [0.717, 1.165) is 0 Å². The Morgan fingerprint density at radius 2 is 2.12 bits per heavy atom. The molecule has 5 heteroatoms. The van der Waals surface area contributed by atoms with Crippen molar-refractivity contribution in [2.45, 2.75) is 6.04 Å². The van der Waals surface area contributed by atoms with Crippen molar-refractivity contribution in [3.8, 4) is 6.07 Å². The van der Waals surface area contributed by atoms with Crippen LogP contribution >= 0.6 is 0 Å². The SMILES string of the molecule is N#Cc1nccn1C(C(=O)O)c1ccccc1. The number of aliphatic carboxylic acids is 1. The maximum atomic E-state index is 11.3. The maximum absolute atomic E-state index is 11.3. The normalized spacial score (nSPS) is 11.7. The van der Waals surface area contributed by atoms with Crippen LogP contribution in [0, 0.1) is 11.3 Å². The van der Waals surface area contributed by atoms with Crippen molar-refractivity contribution in [2.75, 3.05) is 0 Å². The van der Waals surface area contributed by atoms with Gasteiger partial charge in [-0.15, -0.1) is 0 Å². The molecule has 0 bridgehead atoms. The lowest BCUT2D eigenvalue weighted by molar-refractivity contribution is -0.139. The highest BCUT2D eigenvalue weighted by Gasteiger charge is 2.23. The number of benzene rings is 1. The molecule has 1 N–H and O–H groups in total. The molecule has 1 heterocycles. The van der Waals surface area contributed by atoms with Crippen LogP contribution in [0.15, 0.2) is 42.7 Å². The molecule has 0 spiro atoms. The molecule has 1 aromatic carbocycles. The van der Waals surface area contributed by atoms with E-state index < -0.39 is 12.0 Å². The summed E-state index contributed by atoms with van der Waals surface area (Å²) in [5, 5.41) is 18.1. The van der Waals surface area contributed by atoms with E-state index in [1.807, 2.05) is 12.1 Å². The molecular formula is C12H9N3O2. The van der Waals surface area contributed by atoms with Gasteiger partial charge in [0.25, 0.3) is 0 Å². The fraction of sp³-hybridized carbons (Fsp3) is 0.0833. The Bertz CT molecular complexity index is 569. The second-order valence-electron chi connectivity index (χ2n) is 3.42. The van der Waals surface area contributed by atoms with Crippen LogP contribution < -0.4 is 0 Å². The van der Waals surface area contributed by atoms with Crippen LogP contribution in [0.2, 0.25) is 0 Å². The lowest BCUT2D eigenvalue weighted by atomic mass is 10.1. The molecule has 0 radical (unpaired) electrons. The zero-order valence-corrected chi connectivity index (χ0v) is 8.82. The summed E-state index contributed by atoms with van der Waals surface area (Å²) in [5.41, 5.74) is 0.606. The molecule has 2 rings (SSSR count). The number of nitriles is 1. The number of carbonyl (C=O) groups is 1. The third kappa shape index (κ3) is 2.01. The van der Waals surface area contributed by atoms with Crippen LogP contribution in [-0.4, -0.2) is 20.6 Å². The minimum Gasteiger partial charge on any atom is -0.479 e. The van der Waals surface area contributed by atoms with Gasteiger partial charge in [0.05, 0.1) is 0 Å². The summed E-state index contributed by atoms with van der Waals surface area (Å²) in [6.07, 6.45) is 2.90. The Kier molecular flexibility index (Phi) is 2.88. The van der Waals surface area contributed by atoms with Crippen molar-refractivity contribution in [1.82, 2.24) is 9.55 Å². The molecular weight excluding hydrogens is 218 g/mol. The first-order valence-electron chi connectivity index (χ1n) is 4.94. The van der Waals surface area contributed by atoms with E-state index in [0.29, 0.717) is 5.56 Å². The van der Waals surface area contributed by atoms with Crippen molar-refractivity contribution < 1.29 is 9.90 Å². The van der Waals surface area contributed by atoms with E-state index in [4.69, 9.17) is 5.26 Å². The first kappa shape index (κ1) is 10.9. The van der Waals surface area contributed by atoms with Gasteiger partial charge in [-0.05, 0) is 5.56 Å². The maximum Gasteiger partial charge on any atom is 0.331 e. The van der Waals surface area contributed by atoms with Crippen LogP contribution in [-0.2, 0) is 4.79 Å². The van der Waals surface area contributed by atoms with Crippen LogP contribution in [0.4, 0.5) is 0 Å². The van der Waals surface area contributed by atoms with Gasteiger partial charge in [0.15, 0.2) is 6.04 Å². The Morgan fingerprint density at radius 3 is 2.71 bits per heavy atom. The predicted molar refractivity (Wildman–Crippen MR) is 59.2 cm³/mol. The van der Waals surface area contributed by atoms with Gasteiger partial charge in [-0.25, -0.2) is 9.78 Å². The van der Waals surface area contributed by atoms with E-state index in [1.165, 1.54) is 17.0 Å². The topological polar surface area (TPSA) is 78.9 Å². The molecule has 1 atom stereocenters. The Labute approximate surface area is 97.6 Å². The molecule has 0 aliphatic heterocycles. The highest BCUT2D eigenvalue weighted by atomic mass is 16.4. The average Bonchev–Trinajstić information content (AvgIpc) is 2.78. The van der Waals surface area contributed by atoms with Crippen LogP contribution in [0.1, 0.15) is 17.4 Å². The second-order valence-corrected chi connectivity index (χ2v) is 3.42. The van der Waals surface area contributed by atoms with Crippen molar-refractivity contribution in [1.29, 1.82) is 5.26 Å². The number of hydrogen-bond donors (Lipinski definition) is 1.